The lowest BCUT2D eigenvalue weighted by molar-refractivity contribution is 0.102. The van der Waals surface area contributed by atoms with Gasteiger partial charge in [0.25, 0.3) is 5.91 Å². The molecule has 1 aliphatic heterocycles. The lowest BCUT2D eigenvalue weighted by atomic mass is 10.1. The topological polar surface area (TPSA) is 69.7 Å². The lowest BCUT2D eigenvalue weighted by Crippen LogP contribution is -2.47. The number of carbonyl (C=O) groups excluding carboxylic acids is 1. The summed E-state index contributed by atoms with van der Waals surface area (Å²) in [6, 6.07) is 16.9. The average molecular weight is 373 g/mol. The fourth-order valence-electron chi connectivity index (χ4n) is 2.96. The van der Waals surface area contributed by atoms with Crippen LogP contribution in [0.25, 0.3) is 0 Å². The first kappa shape index (κ1) is 18.6. The first-order valence-corrected chi connectivity index (χ1v) is 10.4. The highest BCUT2D eigenvalue weighted by Gasteiger charge is 2.23. The third kappa shape index (κ3) is 4.91. The Labute approximate surface area is 154 Å². The van der Waals surface area contributed by atoms with Gasteiger partial charge in [0.2, 0.25) is 10.0 Å². The standard InChI is InChI=1S/C19H23N3O3S/c1-26(24,25)22-13-11-21(12-14-22)15-16-7-9-17(10-8-16)19(23)20-18-5-3-2-4-6-18/h2-10H,11-15H2,1H3,(H,20,23). The zero-order valence-electron chi connectivity index (χ0n) is 14.8. The molecule has 1 amide bonds. The Hall–Kier alpha value is -2.22. The van der Waals surface area contributed by atoms with Crippen molar-refractivity contribution in [3.63, 3.8) is 0 Å². The Balaban J connectivity index is 1.54. The highest BCUT2D eigenvalue weighted by Crippen LogP contribution is 2.13. The summed E-state index contributed by atoms with van der Waals surface area (Å²) in [4.78, 5) is 14.5. The van der Waals surface area contributed by atoms with E-state index < -0.39 is 10.0 Å². The Bertz CT molecular complexity index is 843. The third-order valence-corrected chi connectivity index (χ3v) is 5.76. The quantitative estimate of drug-likeness (QED) is 0.871. The van der Waals surface area contributed by atoms with Gasteiger partial charge in [-0.05, 0) is 29.8 Å². The van der Waals surface area contributed by atoms with Crippen LogP contribution in [0.15, 0.2) is 54.6 Å². The predicted octanol–water partition coefficient (Wildman–Crippen LogP) is 2.02. The monoisotopic (exact) mass is 373 g/mol. The molecule has 1 saturated heterocycles. The van der Waals surface area contributed by atoms with Crippen LogP contribution >= 0.6 is 0 Å². The fourth-order valence-corrected chi connectivity index (χ4v) is 3.79. The first-order chi connectivity index (χ1) is 12.4. The highest BCUT2D eigenvalue weighted by atomic mass is 32.2. The van der Waals surface area contributed by atoms with Crippen molar-refractivity contribution in [2.75, 3.05) is 37.8 Å². The molecule has 6 nitrogen and oxygen atoms in total. The molecule has 0 spiro atoms. The maximum atomic E-state index is 12.3. The molecule has 0 aliphatic carbocycles. The summed E-state index contributed by atoms with van der Waals surface area (Å²) in [5.74, 6) is -0.135. The number of hydrogen-bond acceptors (Lipinski definition) is 4. The summed E-state index contributed by atoms with van der Waals surface area (Å²) in [6.45, 7) is 3.22. The molecule has 0 radical (unpaired) electrons. The third-order valence-electron chi connectivity index (χ3n) is 4.45. The summed E-state index contributed by atoms with van der Waals surface area (Å²) < 4.78 is 24.6. The molecule has 26 heavy (non-hydrogen) atoms. The Morgan fingerprint density at radius 1 is 0.962 bits per heavy atom. The van der Waals surface area contributed by atoms with E-state index in [-0.39, 0.29) is 5.91 Å². The van der Waals surface area contributed by atoms with Gasteiger partial charge < -0.3 is 5.32 Å². The van der Waals surface area contributed by atoms with Crippen LogP contribution in [0, 0.1) is 0 Å². The first-order valence-electron chi connectivity index (χ1n) is 8.55. The van der Waals surface area contributed by atoms with E-state index in [1.165, 1.54) is 10.6 Å². The summed E-state index contributed by atoms with van der Waals surface area (Å²) in [7, 11) is -3.10. The number of hydrogen-bond donors (Lipinski definition) is 1. The van der Waals surface area contributed by atoms with Gasteiger partial charge in [0.1, 0.15) is 0 Å². The Morgan fingerprint density at radius 2 is 1.58 bits per heavy atom. The number of carbonyl (C=O) groups is 1. The summed E-state index contributed by atoms with van der Waals surface area (Å²) >= 11 is 0. The molecule has 2 aromatic carbocycles. The van der Waals surface area contributed by atoms with Gasteiger partial charge in [-0.3, -0.25) is 9.69 Å². The minimum Gasteiger partial charge on any atom is -0.322 e. The van der Waals surface area contributed by atoms with E-state index in [1.807, 2.05) is 54.6 Å². The molecule has 2 aromatic rings. The molecule has 138 valence electrons. The summed E-state index contributed by atoms with van der Waals surface area (Å²) in [6.07, 6.45) is 1.25. The van der Waals surface area contributed by atoms with Crippen molar-refractivity contribution >= 4 is 21.6 Å². The van der Waals surface area contributed by atoms with E-state index in [4.69, 9.17) is 0 Å². The number of amides is 1. The number of anilines is 1. The molecule has 0 atom stereocenters. The molecule has 7 heteroatoms. The van der Waals surface area contributed by atoms with Crippen LogP contribution in [0.1, 0.15) is 15.9 Å². The Kier molecular flexibility index (Phi) is 5.70. The SMILES string of the molecule is CS(=O)(=O)N1CCN(Cc2ccc(C(=O)Nc3ccccc3)cc2)CC1. The molecular formula is C19H23N3O3S. The van der Waals surface area contributed by atoms with Crippen LogP contribution in [-0.4, -0.2) is 56.0 Å². The van der Waals surface area contributed by atoms with Crippen LogP contribution in [0.5, 0.6) is 0 Å². The lowest BCUT2D eigenvalue weighted by Gasteiger charge is -2.33. The van der Waals surface area contributed by atoms with Gasteiger partial charge in [-0.1, -0.05) is 30.3 Å². The maximum Gasteiger partial charge on any atom is 0.255 e. The zero-order valence-corrected chi connectivity index (χ0v) is 15.6. The zero-order chi connectivity index (χ0) is 18.6. The van der Waals surface area contributed by atoms with Gasteiger partial charge in [-0.2, -0.15) is 4.31 Å². The van der Waals surface area contributed by atoms with Crippen molar-refractivity contribution in [1.82, 2.24) is 9.21 Å². The Morgan fingerprint density at radius 3 is 2.15 bits per heavy atom. The van der Waals surface area contributed by atoms with E-state index in [2.05, 4.69) is 10.2 Å². The number of benzene rings is 2. The number of rotatable bonds is 5. The maximum absolute atomic E-state index is 12.3. The highest BCUT2D eigenvalue weighted by molar-refractivity contribution is 7.88. The van der Waals surface area contributed by atoms with Crippen LogP contribution < -0.4 is 5.32 Å². The van der Waals surface area contributed by atoms with E-state index in [0.717, 1.165) is 17.8 Å². The predicted molar refractivity (Wildman–Crippen MR) is 103 cm³/mol. The van der Waals surface area contributed by atoms with Gasteiger partial charge in [0, 0.05) is 44.0 Å². The van der Waals surface area contributed by atoms with Crippen molar-refractivity contribution in [3.8, 4) is 0 Å². The minimum atomic E-state index is -3.10. The number of para-hydroxylation sites is 1. The second kappa shape index (κ2) is 7.99. The van der Waals surface area contributed by atoms with Crippen LogP contribution in [0.4, 0.5) is 5.69 Å². The number of nitrogens with zero attached hydrogens (tertiary/aromatic N) is 2. The van der Waals surface area contributed by atoms with Gasteiger partial charge in [0.05, 0.1) is 6.26 Å². The van der Waals surface area contributed by atoms with E-state index in [9.17, 15) is 13.2 Å². The van der Waals surface area contributed by atoms with Crippen molar-refractivity contribution in [3.05, 3.63) is 65.7 Å². The van der Waals surface area contributed by atoms with Crippen LogP contribution in [0.2, 0.25) is 0 Å². The molecular weight excluding hydrogens is 350 g/mol. The molecule has 0 aromatic heterocycles. The second-order valence-electron chi connectivity index (χ2n) is 6.46. The number of sulfonamides is 1. The van der Waals surface area contributed by atoms with E-state index in [0.29, 0.717) is 31.7 Å². The molecule has 3 rings (SSSR count). The van der Waals surface area contributed by atoms with Crippen molar-refractivity contribution in [2.45, 2.75) is 6.54 Å². The molecule has 0 bridgehead atoms. The summed E-state index contributed by atoms with van der Waals surface area (Å²) in [5.41, 5.74) is 2.49. The molecule has 1 aliphatic rings. The molecule has 0 unspecified atom stereocenters. The van der Waals surface area contributed by atoms with Gasteiger partial charge >= 0.3 is 0 Å². The molecule has 1 fully saturated rings. The smallest absolute Gasteiger partial charge is 0.255 e. The van der Waals surface area contributed by atoms with Gasteiger partial charge in [-0.25, -0.2) is 8.42 Å². The van der Waals surface area contributed by atoms with Crippen LogP contribution in [-0.2, 0) is 16.6 Å². The number of piperazine rings is 1. The second-order valence-corrected chi connectivity index (χ2v) is 8.44. The van der Waals surface area contributed by atoms with Crippen LogP contribution in [0.3, 0.4) is 0 Å². The molecule has 1 N–H and O–H groups in total. The van der Waals surface area contributed by atoms with Gasteiger partial charge in [0.15, 0.2) is 0 Å². The molecule has 1 heterocycles. The van der Waals surface area contributed by atoms with E-state index in [1.54, 1.807) is 0 Å². The molecule has 0 saturated carbocycles. The van der Waals surface area contributed by atoms with Crippen molar-refractivity contribution < 1.29 is 13.2 Å². The van der Waals surface area contributed by atoms with Crippen molar-refractivity contribution in [1.29, 1.82) is 0 Å². The minimum absolute atomic E-state index is 0.135. The fraction of sp³-hybridized carbons (Fsp3) is 0.316. The number of nitrogens with one attached hydrogen (secondary N) is 1. The average Bonchev–Trinajstić information content (AvgIpc) is 2.63. The normalized spacial score (nSPS) is 16.3. The summed E-state index contributed by atoms with van der Waals surface area (Å²) in [5, 5.41) is 2.87. The van der Waals surface area contributed by atoms with E-state index >= 15 is 0 Å². The van der Waals surface area contributed by atoms with Crippen molar-refractivity contribution in [2.24, 2.45) is 0 Å². The van der Waals surface area contributed by atoms with Gasteiger partial charge in [-0.15, -0.1) is 0 Å². The largest absolute Gasteiger partial charge is 0.322 e.